The zero-order valence-corrected chi connectivity index (χ0v) is 7.00. The molecule has 2 heterocycles. The summed E-state index contributed by atoms with van der Waals surface area (Å²) in [5.74, 6) is 0.375. The topological polar surface area (TPSA) is 106 Å². The second kappa shape index (κ2) is 2.82. The van der Waals surface area contributed by atoms with E-state index >= 15 is 0 Å². The van der Waals surface area contributed by atoms with Crippen molar-refractivity contribution < 1.29 is 4.79 Å². The van der Waals surface area contributed by atoms with Gasteiger partial charge in [-0.3, -0.25) is 15.5 Å². The third-order valence-corrected chi connectivity index (χ3v) is 2.07. The summed E-state index contributed by atoms with van der Waals surface area (Å²) in [6.45, 7) is 0.848. The molecule has 0 saturated carbocycles. The van der Waals surface area contributed by atoms with Gasteiger partial charge >= 0.3 is 0 Å². The molecule has 1 amide bonds. The van der Waals surface area contributed by atoms with Crippen LogP contribution in [0.5, 0.6) is 0 Å². The lowest BCUT2D eigenvalue weighted by atomic mass is 10.1. The highest BCUT2D eigenvalue weighted by Gasteiger charge is 2.30. The molecule has 70 valence electrons. The van der Waals surface area contributed by atoms with Crippen LogP contribution in [0.4, 0.5) is 0 Å². The van der Waals surface area contributed by atoms with E-state index in [-0.39, 0.29) is 5.91 Å². The molecule has 2 aliphatic heterocycles. The van der Waals surface area contributed by atoms with E-state index in [0.717, 1.165) is 5.57 Å². The van der Waals surface area contributed by atoms with Gasteiger partial charge in [-0.15, -0.1) is 0 Å². The molecule has 13 heavy (non-hydrogen) atoms. The van der Waals surface area contributed by atoms with Crippen molar-refractivity contribution in [1.82, 2.24) is 10.6 Å². The number of rotatable bonds is 1. The fraction of sp³-hybridized carbons (Fsp3) is 0.429. The second-order valence-electron chi connectivity index (χ2n) is 2.94. The molecule has 2 rings (SSSR count). The van der Waals surface area contributed by atoms with Gasteiger partial charge in [0.25, 0.3) is 5.91 Å². The van der Waals surface area contributed by atoms with Crippen LogP contribution in [0.1, 0.15) is 0 Å². The Kier molecular flexibility index (Phi) is 1.78. The molecule has 1 fully saturated rings. The van der Waals surface area contributed by atoms with Crippen LogP contribution in [0.15, 0.2) is 16.1 Å². The number of aliphatic imine (C=N–C) groups is 1. The molecular formula is C7H11N5O. The number of nitrogens with one attached hydrogen (secondary N) is 2. The lowest BCUT2D eigenvalue weighted by Crippen LogP contribution is -2.60. The number of fused-ring (bicyclic) bond motifs is 1. The van der Waals surface area contributed by atoms with Crippen molar-refractivity contribution in [2.45, 2.75) is 6.29 Å². The molecule has 0 radical (unpaired) electrons. The summed E-state index contributed by atoms with van der Waals surface area (Å²) in [6, 6.07) is 0. The van der Waals surface area contributed by atoms with Crippen molar-refractivity contribution in [3.05, 3.63) is 11.1 Å². The van der Waals surface area contributed by atoms with Gasteiger partial charge in [0.05, 0.1) is 12.1 Å². The third-order valence-electron chi connectivity index (χ3n) is 2.07. The number of amidine groups is 1. The van der Waals surface area contributed by atoms with Crippen molar-refractivity contribution >= 4 is 11.7 Å². The minimum absolute atomic E-state index is 0.192. The summed E-state index contributed by atoms with van der Waals surface area (Å²) in [4.78, 5) is 15.6. The summed E-state index contributed by atoms with van der Waals surface area (Å²) in [6.07, 6.45) is -0.549. The molecule has 0 aromatic carbocycles. The fourth-order valence-electron chi connectivity index (χ4n) is 1.45. The second-order valence-corrected chi connectivity index (χ2v) is 2.94. The molecule has 6 N–H and O–H groups in total. The first-order valence-corrected chi connectivity index (χ1v) is 4.02. The number of carbonyl (C=O) groups is 1. The normalized spacial score (nSPS) is 26.5. The van der Waals surface area contributed by atoms with Gasteiger partial charge in [0.15, 0.2) is 6.29 Å². The Morgan fingerprint density at radius 2 is 2.31 bits per heavy atom. The Morgan fingerprint density at radius 1 is 1.54 bits per heavy atom. The Balaban J connectivity index is 2.35. The molecule has 1 atom stereocenters. The molecule has 1 saturated heterocycles. The zero-order valence-electron chi connectivity index (χ0n) is 7.00. The lowest BCUT2D eigenvalue weighted by molar-refractivity contribution is -0.118. The van der Waals surface area contributed by atoms with Gasteiger partial charge in [-0.1, -0.05) is 0 Å². The number of carbonyl (C=O) groups excluding carboxylic acids is 1. The lowest BCUT2D eigenvalue weighted by Gasteiger charge is -2.24. The number of hydrogen-bond acceptors (Lipinski definition) is 5. The number of nitrogens with two attached hydrogens (primary N) is 2. The van der Waals surface area contributed by atoms with E-state index in [1.165, 1.54) is 0 Å². The maximum atomic E-state index is 11.4. The summed E-state index contributed by atoms with van der Waals surface area (Å²) in [5, 5.41) is 5.40. The van der Waals surface area contributed by atoms with Crippen molar-refractivity contribution in [2.24, 2.45) is 16.5 Å². The van der Waals surface area contributed by atoms with E-state index in [2.05, 4.69) is 15.6 Å². The molecule has 0 unspecified atom stereocenters. The standard InChI is InChI=1S/C7H11N5O/c8-1-3-2-10-5-4(3)6(13)12-7(9)11-5/h7H,1-2,8-9H2,(H,10,11)(H,12,13)/t7-/m1/s1. The molecule has 0 aromatic heterocycles. The highest BCUT2D eigenvalue weighted by atomic mass is 16.2. The third kappa shape index (κ3) is 1.20. The predicted octanol–water partition coefficient (Wildman–Crippen LogP) is -2.38. The van der Waals surface area contributed by atoms with Crippen molar-refractivity contribution in [3.63, 3.8) is 0 Å². The van der Waals surface area contributed by atoms with Crippen LogP contribution < -0.4 is 22.1 Å². The average molecular weight is 181 g/mol. The molecule has 6 heteroatoms. The van der Waals surface area contributed by atoms with E-state index in [1.54, 1.807) is 0 Å². The zero-order chi connectivity index (χ0) is 9.42. The van der Waals surface area contributed by atoms with Crippen LogP contribution >= 0.6 is 0 Å². The van der Waals surface area contributed by atoms with E-state index < -0.39 is 6.29 Å². The molecule has 0 bridgehead atoms. The van der Waals surface area contributed by atoms with Gasteiger partial charge in [-0.25, -0.2) is 0 Å². The smallest absolute Gasteiger partial charge is 0.257 e. The van der Waals surface area contributed by atoms with Crippen LogP contribution in [-0.4, -0.2) is 31.1 Å². The van der Waals surface area contributed by atoms with E-state index in [0.29, 0.717) is 24.5 Å². The summed E-state index contributed by atoms with van der Waals surface area (Å²) < 4.78 is 0. The van der Waals surface area contributed by atoms with Crippen LogP contribution in [0.25, 0.3) is 0 Å². The van der Waals surface area contributed by atoms with Crippen LogP contribution in [-0.2, 0) is 4.79 Å². The van der Waals surface area contributed by atoms with Crippen molar-refractivity contribution in [3.8, 4) is 0 Å². The van der Waals surface area contributed by atoms with Crippen molar-refractivity contribution in [1.29, 1.82) is 0 Å². The SMILES string of the molecule is NCC1=C2C(=O)N[C@H](N)NC2=NC1. The first-order chi connectivity index (χ1) is 6.22. The van der Waals surface area contributed by atoms with Crippen LogP contribution in [0.3, 0.4) is 0 Å². The summed E-state index contributed by atoms with van der Waals surface area (Å²) in [5.41, 5.74) is 12.4. The molecule has 2 aliphatic rings. The average Bonchev–Trinajstić information content (AvgIpc) is 2.47. The van der Waals surface area contributed by atoms with Crippen LogP contribution in [0, 0.1) is 0 Å². The van der Waals surface area contributed by atoms with Gasteiger partial charge in [-0.05, 0) is 5.57 Å². The predicted molar refractivity (Wildman–Crippen MR) is 47.6 cm³/mol. The first kappa shape index (κ1) is 8.21. The van der Waals surface area contributed by atoms with E-state index in [9.17, 15) is 4.79 Å². The van der Waals surface area contributed by atoms with E-state index in [1.807, 2.05) is 0 Å². The number of nitrogens with zero attached hydrogens (tertiary/aromatic N) is 1. The van der Waals surface area contributed by atoms with Crippen LogP contribution in [0.2, 0.25) is 0 Å². The molecule has 0 spiro atoms. The Labute approximate surface area is 75.1 Å². The number of hydrogen-bond donors (Lipinski definition) is 4. The molecule has 0 aromatic rings. The summed E-state index contributed by atoms with van der Waals surface area (Å²) >= 11 is 0. The fourth-order valence-corrected chi connectivity index (χ4v) is 1.45. The largest absolute Gasteiger partial charge is 0.338 e. The van der Waals surface area contributed by atoms with E-state index in [4.69, 9.17) is 11.5 Å². The summed E-state index contributed by atoms with van der Waals surface area (Å²) in [7, 11) is 0. The molecular weight excluding hydrogens is 170 g/mol. The van der Waals surface area contributed by atoms with Gasteiger partial charge < -0.3 is 16.4 Å². The Bertz CT molecular complexity index is 319. The minimum atomic E-state index is -0.549. The number of amides is 1. The maximum absolute atomic E-state index is 11.4. The first-order valence-electron chi connectivity index (χ1n) is 4.02. The highest BCUT2D eigenvalue weighted by Crippen LogP contribution is 2.15. The monoisotopic (exact) mass is 181 g/mol. The van der Waals surface area contributed by atoms with Gasteiger partial charge in [0.1, 0.15) is 5.84 Å². The van der Waals surface area contributed by atoms with Gasteiger partial charge in [0, 0.05) is 6.54 Å². The highest BCUT2D eigenvalue weighted by molar-refractivity contribution is 6.24. The van der Waals surface area contributed by atoms with Gasteiger partial charge in [0.2, 0.25) is 0 Å². The minimum Gasteiger partial charge on any atom is -0.338 e. The Hall–Kier alpha value is -1.40. The van der Waals surface area contributed by atoms with Gasteiger partial charge in [-0.2, -0.15) is 0 Å². The van der Waals surface area contributed by atoms with Crippen molar-refractivity contribution in [2.75, 3.05) is 13.1 Å². The molecule has 6 nitrogen and oxygen atoms in total. The maximum Gasteiger partial charge on any atom is 0.257 e. The molecule has 0 aliphatic carbocycles. The quantitative estimate of drug-likeness (QED) is 0.362. The Morgan fingerprint density at radius 3 is 3.00 bits per heavy atom.